The van der Waals surface area contributed by atoms with Crippen LogP contribution in [0.4, 0.5) is 0 Å². The van der Waals surface area contributed by atoms with E-state index in [1.165, 1.54) is 17.0 Å². The zero-order chi connectivity index (χ0) is 31.1. The van der Waals surface area contributed by atoms with Crippen molar-refractivity contribution in [3.8, 4) is 22.9 Å². The summed E-state index contributed by atoms with van der Waals surface area (Å²) in [6.45, 7) is 9.23. The van der Waals surface area contributed by atoms with E-state index >= 15 is 0 Å². The maximum absolute atomic E-state index is 12.7. The molecule has 3 aromatic carbocycles. The zero-order valence-electron chi connectivity index (χ0n) is 25.1. The van der Waals surface area contributed by atoms with Gasteiger partial charge in [0.2, 0.25) is 0 Å². The third-order valence-electron chi connectivity index (χ3n) is 6.81. The molecule has 1 N–H and O–H groups in total. The minimum atomic E-state index is -0.466. The highest BCUT2D eigenvalue weighted by atomic mass is 127. The molecule has 9 heteroatoms. The predicted molar refractivity (Wildman–Crippen MR) is 179 cm³/mol. The summed E-state index contributed by atoms with van der Waals surface area (Å²) in [7, 11) is 0. The van der Waals surface area contributed by atoms with Crippen LogP contribution in [0.15, 0.2) is 94.4 Å². The molecule has 0 fully saturated rings. The molecule has 0 aliphatic rings. The first-order valence-electron chi connectivity index (χ1n) is 14.3. The number of hydrogen-bond acceptors (Lipinski definition) is 6. The summed E-state index contributed by atoms with van der Waals surface area (Å²) in [4.78, 5) is 12.7. The Morgan fingerprint density at radius 1 is 0.909 bits per heavy atom. The molecule has 8 nitrogen and oxygen atoms in total. The second-order valence-electron chi connectivity index (χ2n) is 10.2. The first kappa shape index (κ1) is 30.9. The lowest BCUT2D eigenvalue weighted by atomic mass is 10.1. The molecule has 5 aromatic rings. The minimum absolute atomic E-state index is 0.138. The molecule has 2 aromatic heterocycles. The maximum Gasteiger partial charge on any atom is 0.307 e. The number of benzene rings is 3. The van der Waals surface area contributed by atoms with Gasteiger partial charge < -0.3 is 23.2 Å². The lowest BCUT2D eigenvalue weighted by Gasteiger charge is -2.15. The molecule has 2 heterocycles. The summed E-state index contributed by atoms with van der Waals surface area (Å²) in [6.07, 6.45) is 1.56. The van der Waals surface area contributed by atoms with E-state index in [-0.39, 0.29) is 12.4 Å². The fourth-order valence-corrected chi connectivity index (χ4v) is 5.52. The van der Waals surface area contributed by atoms with E-state index in [1.54, 1.807) is 18.3 Å². The SMILES string of the molecule is CCOc1cc(/C=N/NC(=O)c2ccc(COc3ccc(-n4c(C)ccc4C)cc3)o2)cc(I)c1OCc1cccc(C)c1. The number of furan rings is 1. The molecular formula is C35H34IN3O5. The second-order valence-corrected chi connectivity index (χ2v) is 11.4. The quantitative estimate of drug-likeness (QED) is 0.0811. The number of carbonyl (C=O) groups excluding carboxylic acids is 1. The van der Waals surface area contributed by atoms with Crippen molar-refractivity contribution in [2.75, 3.05) is 6.61 Å². The van der Waals surface area contributed by atoms with E-state index in [1.807, 2.05) is 55.5 Å². The van der Waals surface area contributed by atoms with E-state index in [2.05, 4.69) is 82.7 Å². The molecule has 0 bridgehead atoms. The number of halogens is 1. The Labute approximate surface area is 270 Å². The Bertz CT molecular complexity index is 1750. The highest BCUT2D eigenvalue weighted by molar-refractivity contribution is 14.1. The van der Waals surface area contributed by atoms with Crippen LogP contribution < -0.4 is 19.6 Å². The molecule has 0 spiro atoms. The summed E-state index contributed by atoms with van der Waals surface area (Å²) in [6, 6.07) is 27.3. The molecule has 0 saturated heterocycles. The van der Waals surface area contributed by atoms with Gasteiger partial charge in [0, 0.05) is 17.1 Å². The van der Waals surface area contributed by atoms with Gasteiger partial charge in [0.1, 0.15) is 24.7 Å². The topological polar surface area (TPSA) is 87.2 Å². The fraction of sp³-hybridized carbons (Fsp3) is 0.200. The molecule has 1 amide bonds. The monoisotopic (exact) mass is 703 g/mol. The van der Waals surface area contributed by atoms with Gasteiger partial charge >= 0.3 is 5.91 Å². The van der Waals surface area contributed by atoms with Gasteiger partial charge in [-0.3, -0.25) is 4.79 Å². The third kappa shape index (κ3) is 7.71. The molecular weight excluding hydrogens is 669 g/mol. The van der Waals surface area contributed by atoms with Crippen LogP contribution in [-0.2, 0) is 13.2 Å². The Kier molecular flexibility index (Phi) is 10.1. The van der Waals surface area contributed by atoms with Crippen LogP contribution in [0.5, 0.6) is 17.2 Å². The Morgan fingerprint density at radius 2 is 1.68 bits per heavy atom. The number of amides is 1. The normalized spacial score (nSPS) is 11.1. The lowest BCUT2D eigenvalue weighted by Crippen LogP contribution is -2.16. The van der Waals surface area contributed by atoms with Crippen LogP contribution in [0.3, 0.4) is 0 Å². The third-order valence-corrected chi connectivity index (χ3v) is 7.61. The van der Waals surface area contributed by atoms with E-state index in [4.69, 9.17) is 18.6 Å². The van der Waals surface area contributed by atoms with Crippen LogP contribution in [0.25, 0.3) is 5.69 Å². The number of aromatic nitrogens is 1. The van der Waals surface area contributed by atoms with Crippen LogP contribution >= 0.6 is 22.6 Å². The van der Waals surface area contributed by atoms with Crippen LogP contribution in [0.1, 0.15) is 51.3 Å². The predicted octanol–water partition coefficient (Wildman–Crippen LogP) is 7.92. The van der Waals surface area contributed by atoms with Gasteiger partial charge in [-0.15, -0.1) is 0 Å². The number of aryl methyl sites for hydroxylation is 3. The van der Waals surface area contributed by atoms with Gasteiger partial charge in [-0.1, -0.05) is 29.8 Å². The van der Waals surface area contributed by atoms with Crippen molar-refractivity contribution in [2.45, 2.75) is 40.9 Å². The molecule has 5 rings (SSSR count). The van der Waals surface area contributed by atoms with Gasteiger partial charge in [0.05, 0.1) is 16.4 Å². The smallest absolute Gasteiger partial charge is 0.307 e. The number of nitrogens with one attached hydrogen (secondary N) is 1. The average molecular weight is 704 g/mol. The molecule has 226 valence electrons. The van der Waals surface area contributed by atoms with E-state index in [9.17, 15) is 4.79 Å². The number of hydrazone groups is 1. The second kappa shape index (κ2) is 14.3. The standard InChI is InChI=1S/C35H34IN3O5/c1-5-41-33-19-27(18-31(36)34(33)43-21-26-8-6-7-23(2)17-26)20-37-38-35(40)32-16-15-30(44-32)22-42-29-13-11-28(12-14-29)39-24(3)9-10-25(39)4/h6-20H,5,21-22H2,1-4H3,(H,38,40)/b37-20+. The molecule has 0 atom stereocenters. The van der Waals surface area contributed by atoms with Crippen molar-refractivity contribution in [2.24, 2.45) is 5.10 Å². The highest BCUT2D eigenvalue weighted by Crippen LogP contribution is 2.34. The van der Waals surface area contributed by atoms with Crippen molar-refractivity contribution in [1.82, 2.24) is 9.99 Å². The Morgan fingerprint density at radius 3 is 2.41 bits per heavy atom. The summed E-state index contributed by atoms with van der Waals surface area (Å²) in [5.41, 5.74) is 8.94. The lowest BCUT2D eigenvalue weighted by molar-refractivity contribution is 0.0923. The number of hydrogen-bond donors (Lipinski definition) is 1. The first-order valence-corrected chi connectivity index (χ1v) is 15.3. The molecule has 0 saturated carbocycles. The Hall–Kier alpha value is -4.51. The van der Waals surface area contributed by atoms with Crippen molar-refractivity contribution in [3.05, 3.63) is 128 Å². The van der Waals surface area contributed by atoms with Crippen LogP contribution in [0, 0.1) is 24.3 Å². The van der Waals surface area contributed by atoms with Crippen molar-refractivity contribution < 1.29 is 23.4 Å². The average Bonchev–Trinajstić information content (AvgIpc) is 3.62. The number of ether oxygens (including phenoxy) is 3. The van der Waals surface area contributed by atoms with Crippen LogP contribution in [0.2, 0.25) is 0 Å². The van der Waals surface area contributed by atoms with Gasteiger partial charge in [-0.05, 0) is 122 Å². The first-order chi connectivity index (χ1) is 21.3. The molecule has 0 aliphatic heterocycles. The van der Waals surface area contributed by atoms with Gasteiger partial charge in [-0.25, -0.2) is 5.43 Å². The van der Waals surface area contributed by atoms with E-state index in [0.29, 0.717) is 36.2 Å². The van der Waals surface area contributed by atoms with Crippen molar-refractivity contribution >= 4 is 34.7 Å². The number of carbonyl (C=O) groups is 1. The molecule has 0 radical (unpaired) electrons. The number of rotatable bonds is 12. The Balaban J connectivity index is 1.16. The molecule has 44 heavy (non-hydrogen) atoms. The van der Waals surface area contributed by atoms with Gasteiger partial charge in [0.15, 0.2) is 17.3 Å². The maximum atomic E-state index is 12.7. The van der Waals surface area contributed by atoms with Crippen LogP contribution in [-0.4, -0.2) is 23.3 Å². The molecule has 0 unspecified atom stereocenters. The van der Waals surface area contributed by atoms with Crippen molar-refractivity contribution in [3.63, 3.8) is 0 Å². The summed E-state index contributed by atoms with van der Waals surface area (Å²) >= 11 is 2.21. The minimum Gasteiger partial charge on any atom is -0.490 e. The summed E-state index contributed by atoms with van der Waals surface area (Å²) < 4.78 is 26.6. The highest BCUT2D eigenvalue weighted by Gasteiger charge is 2.14. The van der Waals surface area contributed by atoms with E-state index < -0.39 is 5.91 Å². The van der Waals surface area contributed by atoms with Gasteiger partial charge in [-0.2, -0.15) is 5.10 Å². The largest absolute Gasteiger partial charge is 0.490 e. The summed E-state index contributed by atoms with van der Waals surface area (Å²) in [5.74, 6) is 2.18. The molecule has 0 aliphatic carbocycles. The number of nitrogens with zero attached hydrogens (tertiary/aromatic N) is 2. The fourth-order valence-electron chi connectivity index (χ4n) is 4.74. The zero-order valence-corrected chi connectivity index (χ0v) is 27.3. The summed E-state index contributed by atoms with van der Waals surface area (Å²) in [5, 5.41) is 4.12. The van der Waals surface area contributed by atoms with Gasteiger partial charge in [0.25, 0.3) is 0 Å². The van der Waals surface area contributed by atoms with E-state index in [0.717, 1.165) is 20.4 Å². The van der Waals surface area contributed by atoms with Crippen molar-refractivity contribution in [1.29, 1.82) is 0 Å².